The number of hydrogen-bond donors (Lipinski definition) is 4. The maximum Gasteiger partial charge on any atom is 0.133 e. The lowest BCUT2D eigenvalue weighted by Crippen LogP contribution is -2.08. The minimum Gasteiger partial charge on any atom is -0.388 e. The molecule has 1 aromatic heterocycles. The van der Waals surface area contributed by atoms with Gasteiger partial charge in [0.05, 0.1) is 10.7 Å². The van der Waals surface area contributed by atoms with Gasteiger partial charge in [0, 0.05) is 16.5 Å². The molecule has 2 aromatic rings. The Bertz CT molecular complexity index is 700. The fraction of sp³-hybridized carbons (Fsp3) is 0.294. The Morgan fingerprint density at radius 1 is 1.14 bits per heavy atom. The smallest absolute Gasteiger partial charge is 0.133 e. The summed E-state index contributed by atoms with van der Waals surface area (Å²) in [7, 11) is 0. The van der Waals surface area contributed by atoms with Crippen LogP contribution >= 0.6 is 11.3 Å². The van der Waals surface area contributed by atoms with Crippen molar-refractivity contribution in [3.8, 4) is 0 Å². The van der Waals surface area contributed by atoms with Crippen LogP contribution in [0.1, 0.15) is 42.5 Å². The van der Waals surface area contributed by atoms with Crippen molar-refractivity contribution in [2.75, 3.05) is 0 Å². The molecule has 5 heteroatoms. The van der Waals surface area contributed by atoms with Crippen LogP contribution in [0.5, 0.6) is 0 Å². The van der Waals surface area contributed by atoms with Gasteiger partial charge in [-0.2, -0.15) is 0 Å². The van der Waals surface area contributed by atoms with E-state index in [1.165, 1.54) is 5.56 Å². The average molecular weight is 314 g/mol. The number of fused-ring (bicyclic) bond motifs is 1. The SMILES string of the molecule is N=C(N)CCCCCC=Cc1cccc2sc(C(=N)N)cc12. The summed E-state index contributed by atoms with van der Waals surface area (Å²) in [5.74, 6) is 0.405. The Kier molecular flexibility index (Phi) is 5.72. The topological polar surface area (TPSA) is 99.7 Å². The first-order valence-corrected chi connectivity index (χ1v) is 8.26. The first-order valence-electron chi connectivity index (χ1n) is 7.44. The van der Waals surface area contributed by atoms with Crippen LogP contribution in [-0.2, 0) is 0 Å². The molecule has 0 saturated carbocycles. The molecule has 0 bridgehead atoms. The number of amidine groups is 2. The molecule has 0 aliphatic heterocycles. The van der Waals surface area contributed by atoms with Crippen LogP contribution in [0.4, 0.5) is 0 Å². The number of nitrogens with one attached hydrogen (secondary N) is 2. The van der Waals surface area contributed by atoms with E-state index in [2.05, 4.69) is 24.3 Å². The molecule has 0 fully saturated rings. The third-order valence-electron chi connectivity index (χ3n) is 3.47. The maximum absolute atomic E-state index is 7.55. The molecule has 22 heavy (non-hydrogen) atoms. The lowest BCUT2D eigenvalue weighted by molar-refractivity contribution is 0.704. The van der Waals surface area contributed by atoms with Gasteiger partial charge in [0.1, 0.15) is 5.84 Å². The van der Waals surface area contributed by atoms with E-state index in [1.54, 1.807) is 11.3 Å². The third-order valence-corrected chi connectivity index (χ3v) is 4.61. The van der Waals surface area contributed by atoms with E-state index in [1.807, 2.05) is 12.1 Å². The van der Waals surface area contributed by atoms with Gasteiger partial charge in [0.25, 0.3) is 0 Å². The number of rotatable bonds is 8. The van der Waals surface area contributed by atoms with Crippen LogP contribution in [0.2, 0.25) is 0 Å². The molecular formula is C17H22N4S. The highest BCUT2D eigenvalue weighted by Crippen LogP contribution is 2.29. The normalized spacial score (nSPS) is 11.3. The summed E-state index contributed by atoms with van der Waals surface area (Å²) in [6.45, 7) is 0. The highest BCUT2D eigenvalue weighted by atomic mass is 32.1. The van der Waals surface area contributed by atoms with Crippen molar-refractivity contribution in [2.24, 2.45) is 11.5 Å². The molecule has 0 saturated heterocycles. The Hall–Kier alpha value is -2.14. The van der Waals surface area contributed by atoms with E-state index in [4.69, 9.17) is 22.3 Å². The van der Waals surface area contributed by atoms with Crippen molar-refractivity contribution in [3.05, 3.63) is 40.8 Å². The number of benzene rings is 1. The number of thiophene rings is 1. The van der Waals surface area contributed by atoms with Gasteiger partial charge in [-0.25, -0.2) is 0 Å². The predicted octanol–water partition coefficient (Wildman–Crippen LogP) is 4.09. The molecule has 0 amide bonds. The van der Waals surface area contributed by atoms with Crippen molar-refractivity contribution in [2.45, 2.75) is 32.1 Å². The Morgan fingerprint density at radius 2 is 1.95 bits per heavy atom. The number of nitrogen functional groups attached to an aromatic ring is 1. The van der Waals surface area contributed by atoms with E-state index < -0.39 is 0 Å². The number of allylic oxidation sites excluding steroid dienone is 1. The van der Waals surface area contributed by atoms with Gasteiger partial charge in [-0.05, 0) is 37.0 Å². The van der Waals surface area contributed by atoms with Crippen molar-refractivity contribution >= 4 is 39.2 Å². The Labute approximate surface area is 134 Å². The third kappa shape index (κ3) is 4.43. The fourth-order valence-corrected chi connectivity index (χ4v) is 3.28. The van der Waals surface area contributed by atoms with E-state index in [-0.39, 0.29) is 11.7 Å². The van der Waals surface area contributed by atoms with Crippen molar-refractivity contribution in [1.29, 1.82) is 10.8 Å². The van der Waals surface area contributed by atoms with Crippen LogP contribution in [0.15, 0.2) is 30.3 Å². The summed E-state index contributed by atoms with van der Waals surface area (Å²) in [6, 6.07) is 8.18. The van der Waals surface area contributed by atoms with Gasteiger partial charge in [-0.1, -0.05) is 30.7 Å². The van der Waals surface area contributed by atoms with E-state index in [0.29, 0.717) is 6.42 Å². The summed E-state index contributed by atoms with van der Waals surface area (Å²) in [6.07, 6.45) is 9.26. The van der Waals surface area contributed by atoms with Gasteiger partial charge in [0.2, 0.25) is 0 Å². The zero-order valence-corrected chi connectivity index (χ0v) is 13.4. The summed E-state index contributed by atoms with van der Waals surface area (Å²) in [5, 5.41) is 15.9. The second-order valence-electron chi connectivity index (χ2n) is 5.31. The average Bonchev–Trinajstić information content (AvgIpc) is 2.91. The number of unbranched alkanes of at least 4 members (excludes halogenated alkanes) is 3. The van der Waals surface area contributed by atoms with Gasteiger partial charge < -0.3 is 11.5 Å². The van der Waals surface area contributed by atoms with Gasteiger partial charge in [0.15, 0.2) is 0 Å². The molecule has 4 nitrogen and oxygen atoms in total. The molecule has 6 N–H and O–H groups in total. The standard InChI is InChI=1S/C17H22N4S/c18-16(19)10-5-3-1-2-4-7-12-8-6-9-14-13(12)11-15(22-14)17(20)21/h4,6-9,11H,1-3,5,10H2,(H3,18,19)(H3,20,21). The lowest BCUT2D eigenvalue weighted by Gasteiger charge is -1.98. The molecule has 0 radical (unpaired) electrons. The minimum absolute atomic E-state index is 0.126. The molecule has 116 valence electrons. The summed E-state index contributed by atoms with van der Waals surface area (Å²) in [5.41, 5.74) is 12.1. The second-order valence-corrected chi connectivity index (χ2v) is 6.39. The molecule has 1 aromatic carbocycles. The quantitative estimate of drug-likeness (QED) is 0.335. The highest BCUT2D eigenvalue weighted by molar-refractivity contribution is 7.20. The van der Waals surface area contributed by atoms with E-state index in [9.17, 15) is 0 Å². The molecule has 1 heterocycles. The van der Waals surface area contributed by atoms with Crippen LogP contribution in [0.25, 0.3) is 16.2 Å². The minimum atomic E-state index is 0.126. The van der Waals surface area contributed by atoms with Crippen molar-refractivity contribution < 1.29 is 0 Å². The van der Waals surface area contributed by atoms with E-state index >= 15 is 0 Å². The van der Waals surface area contributed by atoms with Crippen LogP contribution < -0.4 is 11.5 Å². The Balaban J connectivity index is 1.95. The first-order chi connectivity index (χ1) is 10.6. The highest BCUT2D eigenvalue weighted by Gasteiger charge is 2.06. The monoisotopic (exact) mass is 314 g/mol. The van der Waals surface area contributed by atoms with Gasteiger partial charge in [-0.3, -0.25) is 10.8 Å². The van der Waals surface area contributed by atoms with Crippen LogP contribution in [-0.4, -0.2) is 11.7 Å². The molecule has 0 aliphatic carbocycles. The maximum atomic E-state index is 7.55. The molecule has 2 rings (SSSR count). The Morgan fingerprint density at radius 3 is 2.68 bits per heavy atom. The zero-order valence-electron chi connectivity index (χ0n) is 12.6. The lowest BCUT2D eigenvalue weighted by atomic mass is 10.1. The number of hydrogen-bond acceptors (Lipinski definition) is 3. The fourth-order valence-electron chi connectivity index (χ4n) is 2.33. The van der Waals surface area contributed by atoms with Crippen molar-refractivity contribution in [3.63, 3.8) is 0 Å². The molecule has 0 atom stereocenters. The van der Waals surface area contributed by atoms with Gasteiger partial charge in [-0.15, -0.1) is 11.3 Å². The van der Waals surface area contributed by atoms with Crippen LogP contribution in [0, 0.1) is 10.8 Å². The van der Waals surface area contributed by atoms with E-state index in [0.717, 1.165) is 40.6 Å². The predicted molar refractivity (Wildman–Crippen MR) is 96.9 cm³/mol. The summed E-state index contributed by atoms with van der Waals surface area (Å²) >= 11 is 1.56. The zero-order chi connectivity index (χ0) is 15.9. The van der Waals surface area contributed by atoms with Crippen molar-refractivity contribution in [1.82, 2.24) is 0 Å². The van der Waals surface area contributed by atoms with Gasteiger partial charge >= 0.3 is 0 Å². The first kappa shape index (κ1) is 16.2. The molecule has 0 spiro atoms. The molecule has 0 aliphatic rings. The summed E-state index contributed by atoms with van der Waals surface area (Å²) < 4.78 is 1.16. The largest absolute Gasteiger partial charge is 0.388 e. The molecule has 0 unspecified atom stereocenters. The second kappa shape index (κ2) is 7.75. The summed E-state index contributed by atoms with van der Waals surface area (Å²) in [4.78, 5) is 0.820. The van der Waals surface area contributed by atoms with Crippen LogP contribution in [0.3, 0.4) is 0 Å². The molecular weight excluding hydrogens is 292 g/mol. The number of nitrogens with two attached hydrogens (primary N) is 2.